The average molecular weight is 340 g/mol. The molecule has 0 aromatic carbocycles. The number of rotatable bonds is 3. The van der Waals surface area contributed by atoms with Gasteiger partial charge in [0.05, 0.1) is 20.9 Å². The molecule has 21 heavy (non-hydrogen) atoms. The predicted molar refractivity (Wildman–Crippen MR) is 85.4 cm³/mol. The van der Waals surface area contributed by atoms with E-state index in [0.717, 1.165) is 14.3 Å². The lowest BCUT2D eigenvalue weighted by molar-refractivity contribution is -0.381. The van der Waals surface area contributed by atoms with E-state index in [9.17, 15) is 4.79 Å². The second-order valence-corrected chi connectivity index (χ2v) is 7.86. The van der Waals surface area contributed by atoms with Crippen molar-refractivity contribution in [1.29, 1.82) is 0 Å². The summed E-state index contributed by atoms with van der Waals surface area (Å²) in [6, 6.07) is 4.05. The molecular weight excluding hydrogens is 328 g/mol. The molecule has 4 rings (SSSR count). The number of thiophene rings is 3. The molecule has 3 aromatic heterocycles. The van der Waals surface area contributed by atoms with Crippen LogP contribution in [0, 0.1) is 0 Å². The van der Waals surface area contributed by atoms with E-state index in [0.29, 0.717) is 11.5 Å². The number of carbonyl (C=O) groups is 1. The van der Waals surface area contributed by atoms with Crippen molar-refractivity contribution in [3.8, 4) is 0 Å². The summed E-state index contributed by atoms with van der Waals surface area (Å²) in [6.45, 7) is 4.10. The number of esters is 1. The fourth-order valence-electron chi connectivity index (χ4n) is 2.26. The molecule has 4 nitrogen and oxygen atoms in total. The van der Waals surface area contributed by atoms with Gasteiger partial charge in [-0.2, -0.15) is 0 Å². The minimum absolute atomic E-state index is 0.118. The first kappa shape index (κ1) is 13.7. The van der Waals surface area contributed by atoms with E-state index in [2.05, 4.69) is 6.07 Å². The zero-order valence-electron chi connectivity index (χ0n) is 11.4. The van der Waals surface area contributed by atoms with E-state index in [1.165, 1.54) is 20.7 Å². The zero-order valence-corrected chi connectivity index (χ0v) is 13.8. The van der Waals surface area contributed by atoms with Crippen LogP contribution < -0.4 is 0 Å². The SMILES string of the molecule is CCOC(=O)c1cc2sc3cc(C4OC(C)O4)sc3c2s1. The van der Waals surface area contributed by atoms with Crippen molar-refractivity contribution in [2.24, 2.45) is 0 Å². The third-order valence-electron chi connectivity index (χ3n) is 3.18. The van der Waals surface area contributed by atoms with Crippen LogP contribution in [0.4, 0.5) is 0 Å². The van der Waals surface area contributed by atoms with Gasteiger partial charge in [-0.05, 0) is 26.0 Å². The van der Waals surface area contributed by atoms with Crippen molar-refractivity contribution in [2.45, 2.75) is 26.4 Å². The molecule has 0 unspecified atom stereocenters. The summed E-state index contributed by atoms with van der Waals surface area (Å²) in [5.41, 5.74) is 0. The Labute approximate surface area is 132 Å². The molecule has 0 amide bonds. The van der Waals surface area contributed by atoms with Crippen LogP contribution in [-0.2, 0) is 14.2 Å². The standard InChI is InChI=1S/C14H12O4S3/c1-3-16-13(15)9-4-7-11(20-9)12-8(19-7)5-10(21-12)14-17-6(2)18-14/h4-6,14H,3H2,1-2H3. The summed E-state index contributed by atoms with van der Waals surface area (Å²) in [5, 5.41) is 0. The van der Waals surface area contributed by atoms with Crippen molar-refractivity contribution in [2.75, 3.05) is 6.61 Å². The number of ether oxygens (including phenoxy) is 3. The van der Waals surface area contributed by atoms with Gasteiger partial charge in [-0.3, -0.25) is 0 Å². The minimum atomic E-state index is -0.240. The van der Waals surface area contributed by atoms with Crippen LogP contribution in [0.15, 0.2) is 12.1 Å². The average Bonchev–Trinajstić information content (AvgIpc) is 3.04. The highest BCUT2D eigenvalue weighted by atomic mass is 32.1. The lowest BCUT2D eigenvalue weighted by Crippen LogP contribution is -2.30. The van der Waals surface area contributed by atoms with E-state index in [4.69, 9.17) is 14.2 Å². The molecule has 1 aliphatic rings. The van der Waals surface area contributed by atoms with Gasteiger partial charge < -0.3 is 14.2 Å². The molecule has 110 valence electrons. The molecule has 4 heterocycles. The molecule has 7 heteroatoms. The summed E-state index contributed by atoms with van der Waals surface area (Å²) in [6.07, 6.45) is -0.351. The van der Waals surface area contributed by atoms with E-state index >= 15 is 0 Å². The van der Waals surface area contributed by atoms with Crippen LogP contribution in [-0.4, -0.2) is 18.9 Å². The van der Waals surface area contributed by atoms with Gasteiger partial charge in [0.2, 0.25) is 0 Å². The van der Waals surface area contributed by atoms with Gasteiger partial charge in [-0.25, -0.2) is 4.79 Å². The molecule has 0 aliphatic carbocycles. The van der Waals surface area contributed by atoms with E-state index < -0.39 is 0 Å². The summed E-state index contributed by atoms with van der Waals surface area (Å²) in [4.78, 5) is 13.6. The van der Waals surface area contributed by atoms with Crippen LogP contribution in [0.25, 0.3) is 18.8 Å². The second kappa shape index (κ2) is 5.03. The van der Waals surface area contributed by atoms with Gasteiger partial charge in [0.25, 0.3) is 0 Å². The van der Waals surface area contributed by atoms with Crippen molar-refractivity contribution < 1.29 is 19.0 Å². The Morgan fingerprint density at radius 1 is 1.19 bits per heavy atom. The van der Waals surface area contributed by atoms with Gasteiger partial charge in [-0.1, -0.05) is 0 Å². The molecule has 0 radical (unpaired) electrons. The third kappa shape index (κ3) is 2.20. The van der Waals surface area contributed by atoms with Crippen molar-refractivity contribution in [1.82, 2.24) is 0 Å². The molecule has 0 spiro atoms. The van der Waals surface area contributed by atoms with E-state index in [1.54, 1.807) is 22.7 Å². The zero-order chi connectivity index (χ0) is 14.6. The first-order valence-electron chi connectivity index (χ1n) is 6.59. The third-order valence-corrected chi connectivity index (χ3v) is 6.96. The summed E-state index contributed by atoms with van der Waals surface area (Å²) in [7, 11) is 0. The number of hydrogen-bond donors (Lipinski definition) is 0. The minimum Gasteiger partial charge on any atom is -0.462 e. The van der Waals surface area contributed by atoms with E-state index in [-0.39, 0.29) is 18.5 Å². The molecule has 0 saturated carbocycles. The smallest absolute Gasteiger partial charge is 0.348 e. The van der Waals surface area contributed by atoms with Gasteiger partial charge in [-0.15, -0.1) is 34.0 Å². The topological polar surface area (TPSA) is 44.8 Å². The highest BCUT2D eigenvalue weighted by Crippen LogP contribution is 2.47. The summed E-state index contributed by atoms with van der Waals surface area (Å²) < 4.78 is 20.8. The van der Waals surface area contributed by atoms with E-state index in [1.807, 2.05) is 19.9 Å². The monoisotopic (exact) mass is 340 g/mol. The fraction of sp³-hybridized carbons (Fsp3) is 0.357. The van der Waals surface area contributed by atoms with Crippen LogP contribution in [0.3, 0.4) is 0 Å². The maximum Gasteiger partial charge on any atom is 0.348 e. The molecule has 0 atom stereocenters. The molecule has 1 fully saturated rings. The molecule has 1 aliphatic heterocycles. The number of carbonyl (C=O) groups excluding carboxylic acids is 1. The molecule has 0 N–H and O–H groups in total. The first-order valence-corrected chi connectivity index (χ1v) is 9.04. The Balaban J connectivity index is 1.72. The quantitative estimate of drug-likeness (QED) is 0.646. The van der Waals surface area contributed by atoms with Gasteiger partial charge >= 0.3 is 5.97 Å². The maximum atomic E-state index is 11.8. The Kier molecular flexibility index (Phi) is 3.27. The Bertz CT molecular complexity index is 822. The lowest BCUT2D eigenvalue weighted by Gasteiger charge is -2.32. The molecule has 0 bridgehead atoms. The van der Waals surface area contributed by atoms with Crippen LogP contribution in [0.2, 0.25) is 0 Å². The van der Waals surface area contributed by atoms with Crippen molar-refractivity contribution >= 4 is 58.8 Å². The Morgan fingerprint density at radius 3 is 2.62 bits per heavy atom. The highest BCUT2D eigenvalue weighted by molar-refractivity contribution is 7.38. The van der Waals surface area contributed by atoms with Crippen LogP contribution >= 0.6 is 34.0 Å². The summed E-state index contributed by atoms with van der Waals surface area (Å²) in [5.74, 6) is -0.240. The largest absolute Gasteiger partial charge is 0.462 e. The van der Waals surface area contributed by atoms with Crippen molar-refractivity contribution in [3.05, 3.63) is 21.9 Å². The Morgan fingerprint density at radius 2 is 1.90 bits per heavy atom. The predicted octanol–water partition coefficient (Wildman–Crippen LogP) is 4.75. The van der Waals surface area contributed by atoms with Gasteiger partial charge in [0.15, 0.2) is 12.6 Å². The highest BCUT2D eigenvalue weighted by Gasteiger charge is 2.30. The lowest BCUT2D eigenvalue weighted by atomic mass is 10.4. The molecule has 3 aromatic rings. The normalized spacial score (nSPS) is 21.8. The van der Waals surface area contributed by atoms with Crippen molar-refractivity contribution in [3.63, 3.8) is 0 Å². The van der Waals surface area contributed by atoms with Gasteiger partial charge in [0, 0.05) is 9.40 Å². The fourth-order valence-corrected chi connectivity index (χ4v) is 6.17. The van der Waals surface area contributed by atoms with Crippen LogP contribution in [0.5, 0.6) is 0 Å². The molecule has 1 saturated heterocycles. The molecular formula is C14H12O4S3. The summed E-state index contributed by atoms with van der Waals surface area (Å²) >= 11 is 4.87. The number of fused-ring (bicyclic) bond motifs is 3. The maximum absolute atomic E-state index is 11.8. The Hall–Kier alpha value is -0.990. The number of hydrogen-bond acceptors (Lipinski definition) is 7. The second-order valence-electron chi connectivity index (χ2n) is 4.64. The first-order chi connectivity index (χ1) is 10.2. The van der Waals surface area contributed by atoms with Crippen LogP contribution in [0.1, 0.15) is 34.7 Å². The van der Waals surface area contributed by atoms with Gasteiger partial charge in [0.1, 0.15) is 4.88 Å².